The van der Waals surface area contributed by atoms with Crippen molar-refractivity contribution < 1.29 is 9.53 Å². The van der Waals surface area contributed by atoms with Gasteiger partial charge in [-0.2, -0.15) is 0 Å². The summed E-state index contributed by atoms with van der Waals surface area (Å²) >= 11 is 6.09. The monoisotopic (exact) mass is 304 g/mol. The summed E-state index contributed by atoms with van der Waals surface area (Å²) in [5.41, 5.74) is 0.564. The van der Waals surface area contributed by atoms with Crippen LogP contribution in [0.25, 0.3) is 10.8 Å². The van der Waals surface area contributed by atoms with Gasteiger partial charge in [0, 0.05) is 24.2 Å². The minimum absolute atomic E-state index is 0.102. The van der Waals surface area contributed by atoms with Crippen LogP contribution in [0.15, 0.2) is 30.5 Å². The van der Waals surface area contributed by atoms with Crippen molar-refractivity contribution in [3.05, 3.63) is 41.2 Å². The Kier molecular flexibility index (Phi) is 4.08. The number of amides is 1. The Bertz CT molecular complexity index is 674. The van der Waals surface area contributed by atoms with Crippen LogP contribution >= 0.6 is 11.6 Å². The Morgan fingerprint density at radius 3 is 2.90 bits per heavy atom. The van der Waals surface area contributed by atoms with E-state index in [0.29, 0.717) is 17.3 Å². The van der Waals surface area contributed by atoms with Gasteiger partial charge in [0.15, 0.2) is 0 Å². The van der Waals surface area contributed by atoms with Gasteiger partial charge in [-0.1, -0.05) is 35.9 Å². The fraction of sp³-hybridized carbons (Fsp3) is 0.375. The van der Waals surface area contributed by atoms with Gasteiger partial charge < -0.3 is 10.1 Å². The Morgan fingerprint density at radius 2 is 2.14 bits per heavy atom. The van der Waals surface area contributed by atoms with Crippen molar-refractivity contribution in [3.63, 3.8) is 0 Å². The minimum atomic E-state index is -0.102. The van der Waals surface area contributed by atoms with Crippen molar-refractivity contribution in [1.29, 1.82) is 0 Å². The maximum absolute atomic E-state index is 12.5. The SMILES string of the molecule is CC1CC(NC(=O)c2cnc(Cl)c3ccccc23)CCO1. The van der Waals surface area contributed by atoms with Crippen LogP contribution in [0.4, 0.5) is 0 Å². The van der Waals surface area contributed by atoms with E-state index in [1.807, 2.05) is 31.2 Å². The molecule has 1 saturated heterocycles. The third-order valence-electron chi connectivity index (χ3n) is 3.81. The Labute approximate surface area is 128 Å². The highest BCUT2D eigenvalue weighted by molar-refractivity contribution is 6.34. The van der Waals surface area contributed by atoms with E-state index in [-0.39, 0.29) is 18.1 Å². The average Bonchev–Trinajstić information content (AvgIpc) is 2.48. The first-order valence-electron chi connectivity index (χ1n) is 7.11. The third-order valence-corrected chi connectivity index (χ3v) is 4.11. The summed E-state index contributed by atoms with van der Waals surface area (Å²) in [6.07, 6.45) is 3.41. The lowest BCUT2D eigenvalue weighted by atomic mass is 10.0. The van der Waals surface area contributed by atoms with Crippen molar-refractivity contribution in [2.24, 2.45) is 0 Å². The van der Waals surface area contributed by atoms with E-state index in [9.17, 15) is 4.79 Å². The molecule has 0 aliphatic carbocycles. The molecule has 21 heavy (non-hydrogen) atoms. The number of benzene rings is 1. The van der Waals surface area contributed by atoms with E-state index in [1.54, 1.807) is 6.20 Å². The highest BCUT2D eigenvalue weighted by atomic mass is 35.5. The fourth-order valence-corrected chi connectivity index (χ4v) is 2.95. The first-order valence-corrected chi connectivity index (χ1v) is 7.48. The average molecular weight is 305 g/mol. The molecule has 0 radical (unpaired) electrons. The number of rotatable bonds is 2. The lowest BCUT2D eigenvalue weighted by Gasteiger charge is -2.28. The van der Waals surface area contributed by atoms with Crippen molar-refractivity contribution in [2.75, 3.05) is 6.61 Å². The number of nitrogens with one attached hydrogen (secondary N) is 1. The number of carbonyl (C=O) groups excluding carboxylic acids is 1. The molecule has 1 aliphatic heterocycles. The van der Waals surface area contributed by atoms with Crippen LogP contribution in [0, 0.1) is 0 Å². The summed E-state index contributed by atoms with van der Waals surface area (Å²) < 4.78 is 5.50. The number of ether oxygens (including phenoxy) is 1. The van der Waals surface area contributed by atoms with Crippen molar-refractivity contribution >= 4 is 28.3 Å². The standard InChI is InChI=1S/C16H17ClN2O2/c1-10-8-11(6-7-21-10)19-16(20)14-9-18-15(17)13-5-3-2-4-12(13)14/h2-5,9-11H,6-8H2,1H3,(H,19,20). The molecule has 1 fully saturated rings. The molecule has 2 unspecified atom stereocenters. The van der Waals surface area contributed by atoms with Crippen LogP contribution < -0.4 is 5.32 Å². The molecule has 5 heteroatoms. The molecule has 3 rings (SSSR count). The number of carbonyl (C=O) groups is 1. The van der Waals surface area contributed by atoms with Gasteiger partial charge in [-0.3, -0.25) is 4.79 Å². The maximum atomic E-state index is 12.5. The number of halogens is 1. The zero-order chi connectivity index (χ0) is 14.8. The number of hydrogen-bond acceptors (Lipinski definition) is 3. The molecule has 1 amide bonds. The highest BCUT2D eigenvalue weighted by Gasteiger charge is 2.22. The van der Waals surface area contributed by atoms with Gasteiger partial charge in [0.25, 0.3) is 5.91 Å². The van der Waals surface area contributed by atoms with E-state index in [1.165, 1.54) is 0 Å². The summed E-state index contributed by atoms with van der Waals surface area (Å²) in [5.74, 6) is -0.102. The molecule has 1 aromatic heterocycles. The summed E-state index contributed by atoms with van der Waals surface area (Å²) in [4.78, 5) is 16.6. The Balaban J connectivity index is 1.86. The van der Waals surface area contributed by atoms with E-state index in [0.717, 1.165) is 23.6 Å². The molecule has 2 heterocycles. The van der Waals surface area contributed by atoms with Gasteiger partial charge in [0.05, 0.1) is 11.7 Å². The van der Waals surface area contributed by atoms with Gasteiger partial charge in [0.1, 0.15) is 5.15 Å². The predicted octanol–water partition coefficient (Wildman–Crippen LogP) is 3.19. The number of hydrogen-bond donors (Lipinski definition) is 1. The molecular weight excluding hydrogens is 288 g/mol. The van der Waals surface area contributed by atoms with Gasteiger partial charge in [-0.05, 0) is 25.2 Å². The van der Waals surface area contributed by atoms with Gasteiger partial charge in [-0.25, -0.2) is 4.98 Å². The van der Waals surface area contributed by atoms with E-state index in [2.05, 4.69) is 10.3 Å². The van der Waals surface area contributed by atoms with Gasteiger partial charge >= 0.3 is 0 Å². The molecule has 0 spiro atoms. The third kappa shape index (κ3) is 3.01. The molecule has 1 N–H and O–H groups in total. The summed E-state index contributed by atoms with van der Waals surface area (Å²) in [5, 5.41) is 5.12. The topological polar surface area (TPSA) is 51.2 Å². The second kappa shape index (κ2) is 6.00. The van der Waals surface area contributed by atoms with Crippen molar-refractivity contribution in [2.45, 2.75) is 31.9 Å². The summed E-state index contributed by atoms with van der Waals surface area (Å²) in [6.45, 7) is 2.71. The molecule has 110 valence electrons. The second-order valence-electron chi connectivity index (χ2n) is 5.38. The quantitative estimate of drug-likeness (QED) is 0.867. The maximum Gasteiger partial charge on any atom is 0.253 e. The lowest BCUT2D eigenvalue weighted by molar-refractivity contribution is 0.0137. The first-order chi connectivity index (χ1) is 10.1. The van der Waals surface area contributed by atoms with E-state index < -0.39 is 0 Å². The molecule has 4 nitrogen and oxygen atoms in total. The molecular formula is C16H17ClN2O2. The molecule has 1 aromatic carbocycles. The zero-order valence-corrected chi connectivity index (χ0v) is 12.6. The number of pyridine rings is 1. The second-order valence-corrected chi connectivity index (χ2v) is 5.74. The predicted molar refractivity (Wildman–Crippen MR) is 82.7 cm³/mol. The number of aromatic nitrogens is 1. The number of nitrogens with zero attached hydrogens (tertiary/aromatic N) is 1. The summed E-state index contributed by atoms with van der Waals surface area (Å²) in [6, 6.07) is 7.70. The Morgan fingerprint density at radius 1 is 1.38 bits per heavy atom. The smallest absolute Gasteiger partial charge is 0.253 e. The molecule has 1 aliphatic rings. The molecule has 2 atom stereocenters. The number of fused-ring (bicyclic) bond motifs is 1. The summed E-state index contributed by atoms with van der Waals surface area (Å²) in [7, 11) is 0. The van der Waals surface area contributed by atoms with Crippen LogP contribution in [0.3, 0.4) is 0 Å². The first kappa shape index (κ1) is 14.3. The minimum Gasteiger partial charge on any atom is -0.378 e. The molecule has 0 bridgehead atoms. The van der Waals surface area contributed by atoms with Gasteiger partial charge in [-0.15, -0.1) is 0 Å². The van der Waals surface area contributed by atoms with Crippen LogP contribution in [0.5, 0.6) is 0 Å². The fourth-order valence-electron chi connectivity index (χ4n) is 2.73. The van der Waals surface area contributed by atoms with Crippen LogP contribution in [0.2, 0.25) is 5.15 Å². The van der Waals surface area contributed by atoms with Crippen LogP contribution in [-0.4, -0.2) is 29.6 Å². The van der Waals surface area contributed by atoms with Crippen LogP contribution in [-0.2, 0) is 4.74 Å². The normalized spacial score (nSPS) is 22.2. The Hall–Kier alpha value is -1.65. The molecule has 2 aromatic rings. The lowest BCUT2D eigenvalue weighted by Crippen LogP contribution is -2.41. The highest BCUT2D eigenvalue weighted by Crippen LogP contribution is 2.24. The van der Waals surface area contributed by atoms with Crippen molar-refractivity contribution in [3.8, 4) is 0 Å². The van der Waals surface area contributed by atoms with E-state index in [4.69, 9.17) is 16.3 Å². The van der Waals surface area contributed by atoms with E-state index >= 15 is 0 Å². The van der Waals surface area contributed by atoms with Crippen LogP contribution in [0.1, 0.15) is 30.1 Å². The largest absolute Gasteiger partial charge is 0.378 e. The molecule has 0 saturated carbocycles. The van der Waals surface area contributed by atoms with Crippen molar-refractivity contribution in [1.82, 2.24) is 10.3 Å². The zero-order valence-electron chi connectivity index (χ0n) is 11.8. The van der Waals surface area contributed by atoms with Gasteiger partial charge in [0.2, 0.25) is 0 Å².